The Labute approximate surface area is 154 Å². The average molecular weight is 371 g/mol. The fourth-order valence-corrected chi connectivity index (χ4v) is 2.86. The monoisotopic (exact) mass is 371 g/mol. The SMILES string of the molecule is COc1cn(-c2ccccc2)nc1C(=O)OCC(=O)NCc1cccs1. The standard InChI is InChI=1S/C18H17N3O4S/c1-24-15-11-21(13-6-3-2-4-7-13)20-17(15)18(23)25-12-16(22)19-10-14-8-5-9-26-14/h2-9,11H,10,12H2,1H3,(H,19,22). The lowest BCUT2D eigenvalue weighted by Crippen LogP contribution is -2.28. The Morgan fingerprint density at radius 3 is 2.69 bits per heavy atom. The molecule has 26 heavy (non-hydrogen) atoms. The van der Waals surface area contributed by atoms with Crippen molar-refractivity contribution in [2.45, 2.75) is 6.54 Å². The molecule has 7 nitrogen and oxygen atoms in total. The number of ether oxygens (including phenoxy) is 2. The van der Waals surface area contributed by atoms with Crippen molar-refractivity contribution in [3.8, 4) is 11.4 Å². The van der Waals surface area contributed by atoms with Gasteiger partial charge in [-0.15, -0.1) is 11.3 Å². The molecule has 0 unspecified atom stereocenters. The molecule has 0 radical (unpaired) electrons. The van der Waals surface area contributed by atoms with Crippen LogP contribution in [0.3, 0.4) is 0 Å². The highest BCUT2D eigenvalue weighted by Crippen LogP contribution is 2.20. The molecule has 0 aliphatic rings. The molecule has 0 aliphatic carbocycles. The van der Waals surface area contributed by atoms with E-state index in [0.717, 1.165) is 10.6 Å². The van der Waals surface area contributed by atoms with Crippen LogP contribution in [-0.4, -0.2) is 35.4 Å². The van der Waals surface area contributed by atoms with Gasteiger partial charge in [0.1, 0.15) is 0 Å². The van der Waals surface area contributed by atoms with E-state index in [1.807, 2.05) is 47.8 Å². The molecule has 0 bridgehead atoms. The number of benzene rings is 1. The maximum atomic E-state index is 12.3. The van der Waals surface area contributed by atoms with Crippen LogP contribution in [0.2, 0.25) is 0 Å². The van der Waals surface area contributed by atoms with Crippen molar-refractivity contribution >= 4 is 23.2 Å². The van der Waals surface area contributed by atoms with Gasteiger partial charge in [-0.1, -0.05) is 24.3 Å². The number of methoxy groups -OCH3 is 1. The normalized spacial score (nSPS) is 10.3. The van der Waals surface area contributed by atoms with Crippen molar-refractivity contribution in [1.82, 2.24) is 15.1 Å². The summed E-state index contributed by atoms with van der Waals surface area (Å²) in [7, 11) is 1.44. The minimum atomic E-state index is -0.720. The summed E-state index contributed by atoms with van der Waals surface area (Å²) in [6, 6.07) is 13.1. The molecule has 3 aromatic rings. The first-order valence-electron chi connectivity index (χ1n) is 7.82. The number of amides is 1. The van der Waals surface area contributed by atoms with Crippen LogP contribution in [0.25, 0.3) is 5.69 Å². The van der Waals surface area contributed by atoms with E-state index in [4.69, 9.17) is 9.47 Å². The van der Waals surface area contributed by atoms with Gasteiger partial charge in [-0.05, 0) is 23.6 Å². The Hall–Kier alpha value is -3.13. The van der Waals surface area contributed by atoms with Crippen LogP contribution in [-0.2, 0) is 16.1 Å². The van der Waals surface area contributed by atoms with Gasteiger partial charge in [-0.2, -0.15) is 5.10 Å². The first kappa shape index (κ1) is 17.7. The molecule has 0 aliphatic heterocycles. The van der Waals surface area contributed by atoms with Crippen molar-refractivity contribution in [2.75, 3.05) is 13.7 Å². The summed E-state index contributed by atoms with van der Waals surface area (Å²) in [5.41, 5.74) is 0.793. The van der Waals surface area contributed by atoms with Gasteiger partial charge in [0.2, 0.25) is 5.69 Å². The summed E-state index contributed by atoms with van der Waals surface area (Å²) in [5.74, 6) is -0.825. The van der Waals surface area contributed by atoms with Gasteiger partial charge in [0.15, 0.2) is 12.4 Å². The van der Waals surface area contributed by atoms with E-state index in [0.29, 0.717) is 6.54 Å². The number of rotatable bonds is 7. The zero-order valence-electron chi connectivity index (χ0n) is 14.0. The lowest BCUT2D eigenvalue weighted by atomic mass is 10.3. The van der Waals surface area contributed by atoms with Gasteiger partial charge in [0, 0.05) is 4.88 Å². The largest absolute Gasteiger partial charge is 0.493 e. The summed E-state index contributed by atoms with van der Waals surface area (Å²) >= 11 is 1.54. The quantitative estimate of drug-likeness (QED) is 0.645. The Morgan fingerprint density at radius 2 is 2.00 bits per heavy atom. The molecule has 0 spiro atoms. The minimum absolute atomic E-state index is 0.0161. The third-order valence-corrected chi connectivity index (χ3v) is 4.37. The van der Waals surface area contributed by atoms with Crippen molar-refractivity contribution < 1.29 is 19.1 Å². The van der Waals surface area contributed by atoms with Gasteiger partial charge < -0.3 is 14.8 Å². The molecular weight excluding hydrogens is 354 g/mol. The number of esters is 1. The van der Waals surface area contributed by atoms with Crippen molar-refractivity contribution in [2.24, 2.45) is 0 Å². The Balaban J connectivity index is 1.60. The first-order chi connectivity index (χ1) is 12.7. The molecule has 0 atom stereocenters. The second-order valence-corrected chi connectivity index (χ2v) is 6.29. The highest BCUT2D eigenvalue weighted by atomic mass is 32.1. The van der Waals surface area contributed by atoms with Gasteiger partial charge in [0.05, 0.1) is 25.5 Å². The number of aromatic nitrogens is 2. The van der Waals surface area contributed by atoms with E-state index in [1.165, 1.54) is 23.1 Å². The maximum absolute atomic E-state index is 12.3. The molecule has 3 rings (SSSR count). The van der Waals surface area contributed by atoms with E-state index in [2.05, 4.69) is 10.4 Å². The molecule has 1 aromatic carbocycles. The van der Waals surface area contributed by atoms with Crippen molar-refractivity contribution in [3.05, 3.63) is 64.6 Å². The fourth-order valence-electron chi connectivity index (χ4n) is 2.21. The van der Waals surface area contributed by atoms with Gasteiger partial charge >= 0.3 is 5.97 Å². The molecule has 1 N–H and O–H groups in total. The predicted octanol–water partition coefficient (Wildman–Crippen LogP) is 2.42. The number of carbonyl (C=O) groups excluding carboxylic acids is 2. The van der Waals surface area contributed by atoms with E-state index in [9.17, 15) is 9.59 Å². The Morgan fingerprint density at radius 1 is 1.19 bits per heavy atom. The zero-order valence-corrected chi connectivity index (χ0v) is 14.9. The summed E-state index contributed by atoms with van der Waals surface area (Å²) in [6.07, 6.45) is 1.59. The summed E-state index contributed by atoms with van der Waals surface area (Å²) in [4.78, 5) is 25.1. The van der Waals surface area contributed by atoms with E-state index < -0.39 is 5.97 Å². The smallest absolute Gasteiger partial charge is 0.363 e. The average Bonchev–Trinajstić information content (AvgIpc) is 3.34. The highest BCUT2D eigenvalue weighted by molar-refractivity contribution is 7.09. The van der Waals surface area contributed by atoms with E-state index in [-0.39, 0.29) is 24.0 Å². The summed E-state index contributed by atoms with van der Waals surface area (Å²) in [5, 5.41) is 8.82. The van der Waals surface area contributed by atoms with Gasteiger partial charge in [-0.3, -0.25) is 4.79 Å². The molecule has 134 valence electrons. The molecule has 0 fully saturated rings. The lowest BCUT2D eigenvalue weighted by Gasteiger charge is -2.05. The van der Waals surface area contributed by atoms with Crippen LogP contribution in [0.5, 0.6) is 5.75 Å². The fraction of sp³-hybridized carbons (Fsp3) is 0.167. The van der Waals surface area contributed by atoms with E-state index in [1.54, 1.807) is 6.20 Å². The number of nitrogens with zero attached hydrogens (tertiary/aromatic N) is 2. The predicted molar refractivity (Wildman–Crippen MR) is 96.6 cm³/mol. The molecule has 2 aromatic heterocycles. The van der Waals surface area contributed by atoms with Crippen LogP contribution in [0, 0.1) is 0 Å². The number of hydrogen-bond donors (Lipinski definition) is 1. The van der Waals surface area contributed by atoms with Gasteiger partial charge in [0.25, 0.3) is 5.91 Å². The second-order valence-electron chi connectivity index (χ2n) is 5.26. The third kappa shape index (κ3) is 4.28. The highest BCUT2D eigenvalue weighted by Gasteiger charge is 2.20. The second kappa shape index (κ2) is 8.30. The molecule has 2 heterocycles. The summed E-state index contributed by atoms with van der Waals surface area (Å²) in [6.45, 7) is 0.0194. The van der Waals surface area contributed by atoms with Crippen LogP contribution < -0.4 is 10.1 Å². The number of hydrogen-bond acceptors (Lipinski definition) is 6. The summed E-state index contributed by atoms with van der Waals surface area (Å²) < 4.78 is 11.8. The third-order valence-electron chi connectivity index (χ3n) is 3.49. The number of nitrogens with one attached hydrogen (secondary N) is 1. The van der Waals surface area contributed by atoms with Gasteiger partial charge in [-0.25, -0.2) is 9.48 Å². The topological polar surface area (TPSA) is 82.5 Å². The first-order valence-corrected chi connectivity index (χ1v) is 8.70. The van der Waals surface area contributed by atoms with Crippen molar-refractivity contribution in [3.63, 3.8) is 0 Å². The lowest BCUT2D eigenvalue weighted by molar-refractivity contribution is -0.124. The van der Waals surface area contributed by atoms with Crippen LogP contribution in [0.1, 0.15) is 15.4 Å². The Bertz CT molecular complexity index is 875. The molecule has 1 amide bonds. The van der Waals surface area contributed by atoms with Crippen LogP contribution in [0.4, 0.5) is 0 Å². The maximum Gasteiger partial charge on any atom is 0.363 e. The molecule has 0 saturated carbocycles. The minimum Gasteiger partial charge on any atom is -0.493 e. The Kier molecular flexibility index (Phi) is 5.65. The van der Waals surface area contributed by atoms with Crippen LogP contribution in [0.15, 0.2) is 54.0 Å². The molecule has 8 heteroatoms. The zero-order chi connectivity index (χ0) is 18.4. The molecule has 0 saturated heterocycles. The number of carbonyl (C=O) groups is 2. The van der Waals surface area contributed by atoms with Crippen LogP contribution >= 0.6 is 11.3 Å². The van der Waals surface area contributed by atoms with Crippen molar-refractivity contribution in [1.29, 1.82) is 0 Å². The molecular formula is C18H17N3O4S. The number of para-hydroxylation sites is 1. The number of thiophene rings is 1. The van der Waals surface area contributed by atoms with E-state index >= 15 is 0 Å².